The second-order valence-electron chi connectivity index (χ2n) is 4.76. The number of terminal acetylenes is 1. The van der Waals surface area contributed by atoms with E-state index in [0.717, 1.165) is 0 Å². The number of aromatic carboxylic acids is 1. The van der Waals surface area contributed by atoms with Crippen LogP contribution in [0, 0.1) is 19.3 Å². The Morgan fingerprint density at radius 1 is 1.45 bits per heavy atom. The zero-order valence-electron chi connectivity index (χ0n) is 11.2. The summed E-state index contributed by atoms with van der Waals surface area (Å²) in [6, 6.07) is 2.39. The van der Waals surface area contributed by atoms with Gasteiger partial charge in [0.2, 0.25) is 10.0 Å². The van der Waals surface area contributed by atoms with Crippen molar-refractivity contribution in [2.45, 2.75) is 31.2 Å². The number of carbonyl (C=O) groups is 1. The zero-order valence-corrected chi connectivity index (χ0v) is 12.8. The number of nitrogens with one attached hydrogen (secondary N) is 1. The summed E-state index contributed by atoms with van der Waals surface area (Å²) in [5, 5.41) is 9.07. The van der Waals surface area contributed by atoms with Crippen molar-refractivity contribution in [3.8, 4) is 12.3 Å². The Balaban J connectivity index is 3.48. The highest BCUT2D eigenvalue weighted by molar-refractivity contribution is 7.89. The van der Waals surface area contributed by atoms with E-state index in [9.17, 15) is 13.2 Å². The Bertz CT molecular complexity index is 702. The first-order valence-electron chi connectivity index (χ1n) is 5.55. The molecule has 0 saturated carbocycles. The summed E-state index contributed by atoms with van der Waals surface area (Å²) >= 11 is 5.78. The minimum Gasteiger partial charge on any atom is -0.478 e. The van der Waals surface area contributed by atoms with Crippen molar-refractivity contribution in [2.75, 3.05) is 0 Å². The Kier molecular flexibility index (Phi) is 4.49. The first-order valence-corrected chi connectivity index (χ1v) is 7.41. The SMILES string of the molecule is C#CC(C)(C)NS(=O)(=O)c1cc(Cl)cc(C(=O)O)c1C. The zero-order chi connectivity index (χ0) is 15.7. The highest BCUT2D eigenvalue weighted by Crippen LogP contribution is 2.25. The third-order valence-electron chi connectivity index (χ3n) is 2.60. The largest absolute Gasteiger partial charge is 0.478 e. The maximum Gasteiger partial charge on any atom is 0.336 e. The van der Waals surface area contributed by atoms with E-state index in [0.29, 0.717) is 0 Å². The van der Waals surface area contributed by atoms with E-state index in [1.807, 2.05) is 0 Å². The van der Waals surface area contributed by atoms with Gasteiger partial charge in [-0.15, -0.1) is 6.42 Å². The molecule has 1 aromatic carbocycles. The van der Waals surface area contributed by atoms with Gasteiger partial charge in [0.05, 0.1) is 16.0 Å². The molecule has 0 aliphatic carbocycles. The van der Waals surface area contributed by atoms with Crippen molar-refractivity contribution >= 4 is 27.6 Å². The Morgan fingerprint density at radius 3 is 2.45 bits per heavy atom. The number of carboxylic acids is 1. The number of rotatable bonds is 4. The fraction of sp³-hybridized carbons (Fsp3) is 0.308. The highest BCUT2D eigenvalue weighted by Gasteiger charge is 2.27. The van der Waals surface area contributed by atoms with E-state index in [4.69, 9.17) is 23.1 Å². The lowest BCUT2D eigenvalue weighted by Gasteiger charge is -2.20. The summed E-state index contributed by atoms with van der Waals surface area (Å²) in [4.78, 5) is 10.9. The number of benzene rings is 1. The van der Waals surface area contributed by atoms with Crippen LogP contribution in [0.3, 0.4) is 0 Å². The summed E-state index contributed by atoms with van der Waals surface area (Å²) in [5.74, 6) is 1.05. The van der Waals surface area contributed by atoms with Crippen LogP contribution in [0.15, 0.2) is 17.0 Å². The molecule has 20 heavy (non-hydrogen) atoms. The van der Waals surface area contributed by atoms with Gasteiger partial charge in [-0.3, -0.25) is 0 Å². The summed E-state index contributed by atoms with van der Waals surface area (Å²) in [6.45, 7) is 4.43. The van der Waals surface area contributed by atoms with Crippen LogP contribution in [-0.4, -0.2) is 25.0 Å². The molecule has 0 aliphatic rings. The number of sulfonamides is 1. The Morgan fingerprint density at radius 2 is 2.00 bits per heavy atom. The topological polar surface area (TPSA) is 83.5 Å². The lowest BCUT2D eigenvalue weighted by atomic mass is 10.1. The van der Waals surface area contributed by atoms with E-state index in [-0.39, 0.29) is 21.0 Å². The molecule has 0 atom stereocenters. The molecule has 0 radical (unpaired) electrons. The maximum atomic E-state index is 12.3. The average Bonchev–Trinajstić information content (AvgIpc) is 2.30. The van der Waals surface area contributed by atoms with Crippen LogP contribution >= 0.6 is 11.6 Å². The standard InChI is InChI=1S/C13H14ClNO4S/c1-5-13(3,4)15-20(18,19)11-7-9(14)6-10(8(11)2)12(16)17/h1,6-7,15H,2-4H3,(H,16,17). The lowest BCUT2D eigenvalue weighted by Crippen LogP contribution is -2.42. The monoisotopic (exact) mass is 315 g/mol. The smallest absolute Gasteiger partial charge is 0.336 e. The Labute approximate surface area is 123 Å². The predicted octanol–water partition coefficient (Wildman–Crippen LogP) is 2.04. The van der Waals surface area contributed by atoms with Crippen LogP contribution in [0.4, 0.5) is 0 Å². The molecule has 0 fully saturated rings. The van der Waals surface area contributed by atoms with Gasteiger partial charge in [-0.2, -0.15) is 4.72 Å². The van der Waals surface area contributed by atoms with Crippen molar-refractivity contribution in [1.29, 1.82) is 0 Å². The third-order valence-corrected chi connectivity index (χ3v) is 4.60. The van der Waals surface area contributed by atoms with E-state index in [1.54, 1.807) is 0 Å². The van der Waals surface area contributed by atoms with E-state index < -0.39 is 21.5 Å². The highest BCUT2D eigenvalue weighted by atomic mass is 35.5. The molecule has 0 unspecified atom stereocenters. The van der Waals surface area contributed by atoms with Crippen LogP contribution in [-0.2, 0) is 10.0 Å². The average molecular weight is 316 g/mol. The molecule has 0 saturated heterocycles. The van der Waals surface area contributed by atoms with Crippen molar-refractivity contribution in [1.82, 2.24) is 4.72 Å². The van der Waals surface area contributed by atoms with Crippen LogP contribution < -0.4 is 4.72 Å². The minimum atomic E-state index is -3.98. The van der Waals surface area contributed by atoms with Crippen molar-refractivity contribution in [2.24, 2.45) is 0 Å². The molecule has 7 heteroatoms. The number of carboxylic acid groups (broad SMARTS) is 1. The number of hydrogen-bond donors (Lipinski definition) is 2. The lowest BCUT2D eigenvalue weighted by molar-refractivity contribution is 0.0696. The second kappa shape index (κ2) is 5.44. The molecule has 2 N–H and O–H groups in total. The van der Waals surface area contributed by atoms with E-state index >= 15 is 0 Å². The Hall–Kier alpha value is -1.55. The van der Waals surface area contributed by atoms with Gasteiger partial charge in [0.1, 0.15) is 0 Å². The fourth-order valence-electron chi connectivity index (χ4n) is 1.58. The maximum absolute atomic E-state index is 12.3. The summed E-state index contributed by atoms with van der Waals surface area (Å²) in [6.07, 6.45) is 5.24. The van der Waals surface area contributed by atoms with Gasteiger partial charge in [0, 0.05) is 5.02 Å². The number of hydrogen-bond acceptors (Lipinski definition) is 3. The molecule has 0 aliphatic heterocycles. The van der Waals surface area contributed by atoms with Crippen LogP contribution in [0.5, 0.6) is 0 Å². The first kappa shape index (κ1) is 16.5. The minimum absolute atomic E-state index is 0.0203. The van der Waals surface area contributed by atoms with Crippen molar-refractivity contribution in [3.63, 3.8) is 0 Å². The van der Waals surface area contributed by atoms with Gasteiger partial charge in [0.15, 0.2) is 0 Å². The molecule has 0 amide bonds. The van der Waals surface area contributed by atoms with Gasteiger partial charge >= 0.3 is 5.97 Å². The van der Waals surface area contributed by atoms with Gasteiger partial charge in [0.25, 0.3) is 0 Å². The van der Waals surface area contributed by atoms with Gasteiger partial charge < -0.3 is 5.11 Å². The summed E-state index contributed by atoms with van der Waals surface area (Å²) in [7, 11) is -3.98. The first-order chi connectivity index (χ1) is 9.00. The second-order valence-corrected chi connectivity index (χ2v) is 6.84. The van der Waals surface area contributed by atoms with E-state index in [1.165, 1.54) is 32.9 Å². The summed E-state index contributed by atoms with van der Waals surface area (Å²) < 4.78 is 26.9. The number of halogens is 1. The molecule has 0 heterocycles. The molecular weight excluding hydrogens is 302 g/mol. The van der Waals surface area contributed by atoms with E-state index in [2.05, 4.69) is 10.6 Å². The van der Waals surface area contributed by atoms with Gasteiger partial charge in [-0.1, -0.05) is 17.5 Å². The van der Waals surface area contributed by atoms with Crippen molar-refractivity contribution in [3.05, 3.63) is 28.3 Å². The molecule has 0 aromatic heterocycles. The van der Waals surface area contributed by atoms with Gasteiger partial charge in [-0.05, 0) is 38.5 Å². The van der Waals surface area contributed by atoms with Crippen LogP contribution in [0.25, 0.3) is 0 Å². The third kappa shape index (κ3) is 3.51. The molecule has 0 bridgehead atoms. The normalized spacial score (nSPS) is 11.9. The summed E-state index contributed by atoms with van der Waals surface area (Å²) in [5.41, 5.74) is -1.17. The predicted molar refractivity (Wildman–Crippen MR) is 76.4 cm³/mol. The van der Waals surface area contributed by atoms with Crippen LogP contribution in [0.1, 0.15) is 29.8 Å². The van der Waals surface area contributed by atoms with Crippen molar-refractivity contribution < 1.29 is 18.3 Å². The molecule has 0 spiro atoms. The van der Waals surface area contributed by atoms with Gasteiger partial charge in [-0.25, -0.2) is 13.2 Å². The fourth-order valence-corrected chi connectivity index (χ4v) is 3.49. The molecule has 1 rings (SSSR count). The molecule has 5 nitrogen and oxygen atoms in total. The molecule has 108 valence electrons. The molecular formula is C13H14ClNO4S. The van der Waals surface area contributed by atoms with Crippen LogP contribution in [0.2, 0.25) is 5.02 Å². The molecule has 1 aromatic rings. The quantitative estimate of drug-likeness (QED) is 0.833.